The maximum atomic E-state index is 13.8. The minimum absolute atomic E-state index is 0.0403. The van der Waals surface area contributed by atoms with Gasteiger partial charge in [-0.05, 0) is 30.4 Å². The van der Waals surface area contributed by atoms with Gasteiger partial charge in [-0.3, -0.25) is 0 Å². The monoisotopic (exact) mass is 214 g/mol. The van der Waals surface area contributed by atoms with Crippen LogP contribution in [0, 0.1) is 11.6 Å². The van der Waals surface area contributed by atoms with Crippen LogP contribution in [-0.2, 0) is 6.42 Å². The minimum Gasteiger partial charge on any atom is -0.396 e. The first kappa shape index (κ1) is 12.1. The van der Waals surface area contributed by atoms with E-state index in [2.05, 4.69) is 0 Å². The molecule has 1 N–H and O–H groups in total. The second kappa shape index (κ2) is 5.21. The van der Waals surface area contributed by atoms with Gasteiger partial charge in [0.15, 0.2) is 0 Å². The van der Waals surface area contributed by atoms with Gasteiger partial charge in [-0.2, -0.15) is 0 Å². The van der Waals surface area contributed by atoms with Crippen molar-refractivity contribution in [1.82, 2.24) is 0 Å². The largest absolute Gasteiger partial charge is 0.396 e. The van der Waals surface area contributed by atoms with Crippen molar-refractivity contribution in [1.29, 1.82) is 0 Å². The molecule has 1 aromatic rings. The molecule has 1 aromatic carbocycles. The highest BCUT2D eigenvalue weighted by molar-refractivity contribution is 5.29. The number of hydrogen-bond donors (Lipinski definition) is 1. The summed E-state index contributed by atoms with van der Waals surface area (Å²) in [5.74, 6) is -0.942. The van der Waals surface area contributed by atoms with Crippen LogP contribution in [0.5, 0.6) is 0 Å². The third kappa shape index (κ3) is 2.75. The van der Waals surface area contributed by atoms with Crippen LogP contribution in [0.15, 0.2) is 12.1 Å². The molecule has 0 atom stereocenters. The Morgan fingerprint density at radius 3 is 2.47 bits per heavy atom. The summed E-state index contributed by atoms with van der Waals surface area (Å²) in [6.45, 7) is 3.68. The van der Waals surface area contributed by atoms with Gasteiger partial charge in [-0.1, -0.05) is 19.9 Å². The van der Waals surface area contributed by atoms with Crippen LogP contribution in [-0.4, -0.2) is 11.7 Å². The van der Waals surface area contributed by atoms with Gasteiger partial charge in [0.2, 0.25) is 0 Å². The van der Waals surface area contributed by atoms with Gasteiger partial charge in [0.25, 0.3) is 0 Å². The van der Waals surface area contributed by atoms with E-state index in [1.165, 1.54) is 12.1 Å². The van der Waals surface area contributed by atoms with Crippen molar-refractivity contribution in [3.63, 3.8) is 0 Å². The van der Waals surface area contributed by atoms with Crippen LogP contribution in [0.1, 0.15) is 37.3 Å². The molecule has 3 heteroatoms. The van der Waals surface area contributed by atoms with E-state index in [1.807, 2.05) is 13.8 Å². The van der Waals surface area contributed by atoms with E-state index in [1.54, 1.807) is 0 Å². The predicted molar refractivity (Wildman–Crippen MR) is 55.9 cm³/mol. The van der Waals surface area contributed by atoms with Crippen molar-refractivity contribution >= 4 is 0 Å². The Hall–Kier alpha value is -0.960. The van der Waals surface area contributed by atoms with E-state index in [0.717, 1.165) is 0 Å². The van der Waals surface area contributed by atoms with Crippen molar-refractivity contribution in [2.75, 3.05) is 6.61 Å². The maximum Gasteiger partial charge on any atom is 0.132 e. The van der Waals surface area contributed by atoms with Crippen LogP contribution in [0.3, 0.4) is 0 Å². The molecule has 1 nitrogen and oxygen atoms in total. The van der Waals surface area contributed by atoms with E-state index in [-0.39, 0.29) is 24.5 Å². The minimum atomic E-state index is -0.523. The fourth-order valence-corrected chi connectivity index (χ4v) is 1.55. The van der Waals surface area contributed by atoms with Gasteiger partial charge >= 0.3 is 0 Å². The Morgan fingerprint density at radius 1 is 1.27 bits per heavy atom. The van der Waals surface area contributed by atoms with Gasteiger partial charge in [0.1, 0.15) is 11.6 Å². The lowest BCUT2D eigenvalue weighted by atomic mass is 9.97. The molecule has 15 heavy (non-hydrogen) atoms. The highest BCUT2D eigenvalue weighted by atomic mass is 19.1. The zero-order chi connectivity index (χ0) is 11.4. The molecule has 84 valence electrons. The molecule has 0 heterocycles. The third-order valence-electron chi connectivity index (χ3n) is 2.42. The molecule has 0 unspecified atom stereocenters. The van der Waals surface area contributed by atoms with Crippen molar-refractivity contribution < 1.29 is 13.9 Å². The standard InChI is InChI=1S/C12H16F2O/c1-8(2)9-5-6-11(13)10(12(9)14)4-3-7-15/h5-6,8,15H,3-4,7H2,1-2H3. The lowest BCUT2D eigenvalue weighted by Crippen LogP contribution is -2.03. The summed E-state index contributed by atoms with van der Waals surface area (Å²) in [7, 11) is 0. The molecule has 0 aliphatic heterocycles. The molecule has 1 rings (SSSR count). The van der Waals surface area contributed by atoms with E-state index >= 15 is 0 Å². The van der Waals surface area contributed by atoms with E-state index in [0.29, 0.717) is 12.0 Å². The first-order valence-corrected chi connectivity index (χ1v) is 5.15. The molecule has 0 aliphatic carbocycles. The third-order valence-corrected chi connectivity index (χ3v) is 2.42. The van der Waals surface area contributed by atoms with Crippen molar-refractivity contribution in [3.05, 3.63) is 34.9 Å². The average Bonchev–Trinajstić information content (AvgIpc) is 2.17. The summed E-state index contributed by atoms with van der Waals surface area (Å²) < 4.78 is 27.1. The molecule has 0 aliphatic rings. The van der Waals surface area contributed by atoms with E-state index in [9.17, 15) is 8.78 Å². The Kier molecular flexibility index (Phi) is 4.21. The second-order valence-corrected chi connectivity index (χ2v) is 3.91. The summed E-state index contributed by atoms with van der Waals surface area (Å²) >= 11 is 0. The Balaban J connectivity index is 3.06. The maximum absolute atomic E-state index is 13.8. The molecule has 0 amide bonds. The van der Waals surface area contributed by atoms with Gasteiger partial charge < -0.3 is 5.11 Å². The Labute approximate surface area is 88.7 Å². The molecule has 0 aromatic heterocycles. The van der Waals surface area contributed by atoms with Gasteiger partial charge in [-0.25, -0.2) is 8.78 Å². The molecule has 0 spiro atoms. The second-order valence-electron chi connectivity index (χ2n) is 3.91. The van der Waals surface area contributed by atoms with Crippen molar-refractivity contribution in [3.8, 4) is 0 Å². The summed E-state index contributed by atoms with van der Waals surface area (Å²) in [6, 6.07) is 2.78. The molecule has 0 bridgehead atoms. The average molecular weight is 214 g/mol. The first-order valence-electron chi connectivity index (χ1n) is 5.15. The number of hydrogen-bond acceptors (Lipinski definition) is 1. The highest BCUT2D eigenvalue weighted by Gasteiger charge is 2.14. The van der Waals surface area contributed by atoms with Gasteiger partial charge in [0.05, 0.1) is 0 Å². The van der Waals surface area contributed by atoms with E-state index < -0.39 is 11.6 Å². The summed E-state index contributed by atoms with van der Waals surface area (Å²) in [4.78, 5) is 0. The van der Waals surface area contributed by atoms with Crippen LogP contribution in [0.4, 0.5) is 8.78 Å². The SMILES string of the molecule is CC(C)c1ccc(F)c(CCCO)c1F. The predicted octanol–water partition coefficient (Wildman–Crippen LogP) is 3.01. The van der Waals surface area contributed by atoms with Crippen LogP contribution >= 0.6 is 0 Å². The summed E-state index contributed by atoms with van der Waals surface area (Å²) in [5.41, 5.74) is 0.625. The Morgan fingerprint density at radius 2 is 1.93 bits per heavy atom. The van der Waals surface area contributed by atoms with Crippen LogP contribution in [0.25, 0.3) is 0 Å². The number of halogens is 2. The molecule has 0 radical (unpaired) electrons. The Bertz CT molecular complexity index is 335. The van der Waals surface area contributed by atoms with Crippen LogP contribution < -0.4 is 0 Å². The lowest BCUT2D eigenvalue weighted by Gasteiger charge is -2.11. The van der Waals surface area contributed by atoms with E-state index in [4.69, 9.17) is 5.11 Å². The zero-order valence-electron chi connectivity index (χ0n) is 9.06. The highest BCUT2D eigenvalue weighted by Crippen LogP contribution is 2.24. The fraction of sp³-hybridized carbons (Fsp3) is 0.500. The number of benzene rings is 1. The fourth-order valence-electron chi connectivity index (χ4n) is 1.55. The number of aliphatic hydroxyl groups is 1. The summed E-state index contributed by atoms with van der Waals surface area (Å²) in [6.07, 6.45) is 0.629. The molecule has 0 saturated heterocycles. The van der Waals surface area contributed by atoms with Crippen molar-refractivity contribution in [2.45, 2.75) is 32.6 Å². The first-order chi connectivity index (χ1) is 7.07. The molecule has 0 saturated carbocycles. The molecular weight excluding hydrogens is 198 g/mol. The molecular formula is C12H16F2O. The van der Waals surface area contributed by atoms with Gasteiger partial charge in [-0.15, -0.1) is 0 Å². The molecule has 0 fully saturated rings. The number of aliphatic hydroxyl groups excluding tert-OH is 1. The van der Waals surface area contributed by atoms with Crippen LogP contribution in [0.2, 0.25) is 0 Å². The number of rotatable bonds is 4. The zero-order valence-corrected chi connectivity index (χ0v) is 9.06. The lowest BCUT2D eigenvalue weighted by molar-refractivity contribution is 0.287. The quantitative estimate of drug-likeness (QED) is 0.816. The van der Waals surface area contributed by atoms with Gasteiger partial charge in [0, 0.05) is 12.2 Å². The smallest absolute Gasteiger partial charge is 0.132 e. The van der Waals surface area contributed by atoms with Crippen molar-refractivity contribution in [2.24, 2.45) is 0 Å². The summed E-state index contributed by atoms with van der Waals surface area (Å²) in [5, 5.41) is 8.64. The topological polar surface area (TPSA) is 20.2 Å². The normalized spacial score (nSPS) is 11.1.